The zero-order chi connectivity index (χ0) is 21.8. The third kappa shape index (κ3) is 4.35. The summed E-state index contributed by atoms with van der Waals surface area (Å²) in [6, 6.07) is 19.6. The molecule has 1 N–H and O–H groups in total. The molecule has 1 aliphatic rings. The lowest BCUT2D eigenvalue weighted by molar-refractivity contribution is -0.118. The van der Waals surface area contributed by atoms with E-state index in [9.17, 15) is 4.79 Å². The standard InChI is InChI=1S/C24H19N5O2S/c30-23-15-31-22-9-8-19(11-20(22)28-23)21-16-32-24(26-13-17-5-2-1-3-6-17)29(21)27-14-18-7-4-10-25-12-18/h1-12,14,16H,13,15H2,(H,28,30). The van der Waals surface area contributed by atoms with Crippen LogP contribution in [0.25, 0.3) is 11.3 Å². The number of amides is 1. The minimum atomic E-state index is -0.166. The number of fused-ring (bicyclic) bond motifs is 1. The molecule has 2 aromatic carbocycles. The number of nitrogens with one attached hydrogen (secondary N) is 1. The summed E-state index contributed by atoms with van der Waals surface area (Å²) in [5, 5.41) is 9.57. The Morgan fingerprint density at radius 1 is 1.16 bits per heavy atom. The second-order valence-electron chi connectivity index (χ2n) is 7.10. The van der Waals surface area contributed by atoms with E-state index in [1.807, 2.05) is 70.7 Å². The van der Waals surface area contributed by atoms with E-state index in [1.54, 1.807) is 18.6 Å². The SMILES string of the molecule is O=C1COc2ccc(-c3csc(=NCc4ccccc4)n3N=Cc3cccnc3)cc2N1. The van der Waals surface area contributed by atoms with Gasteiger partial charge >= 0.3 is 0 Å². The van der Waals surface area contributed by atoms with Gasteiger partial charge in [0.05, 0.1) is 24.1 Å². The highest BCUT2D eigenvalue weighted by molar-refractivity contribution is 7.07. The van der Waals surface area contributed by atoms with Crippen LogP contribution in [0.1, 0.15) is 11.1 Å². The maximum atomic E-state index is 11.7. The number of anilines is 1. The lowest BCUT2D eigenvalue weighted by atomic mass is 10.1. The van der Waals surface area contributed by atoms with Crippen molar-refractivity contribution in [3.05, 3.63) is 94.4 Å². The van der Waals surface area contributed by atoms with Gasteiger partial charge in [-0.2, -0.15) is 5.10 Å². The van der Waals surface area contributed by atoms with E-state index < -0.39 is 0 Å². The maximum Gasteiger partial charge on any atom is 0.262 e. The van der Waals surface area contributed by atoms with E-state index in [2.05, 4.69) is 10.3 Å². The highest BCUT2D eigenvalue weighted by Gasteiger charge is 2.17. The fourth-order valence-electron chi connectivity index (χ4n) is 3.28. The van der Waals surface area contributed by atoms with Crippen LogP contribution < -0.4 is 14.9 Å². The topological polar surface area (TPSA) is 80.9 Å². The fraction of sp³-hybridized carbons (Fsp3) is 0.0833. The summed E-state index contributed by atoms with van der Waals surface area (Å²) in [6.07, 6.45) is 5.24. The largest absolute Gasteiger partial charge is 0.482 e. The fourth-order valence-corrected chi connectivity index (χ4v) is 4.12. The summed E-state index contributed by atoms with van der Waals surface area (Å²) < 4.78 is 7.30. The zero-order valence-electron chi connectivity index (χ0n) is 17.0. The first-order chi connectivity index (χ1) is 15.8. The van der Waals surface area contributed by atoms with E-state index in [4.69, 9.17) is 14.8 Å². The smallest absolute Gasteiger partial charge is 0.262 e. The van der Waals surface area contributed by atoms with Crippen molar-refractivity contribution in [1.82, 2.24) is 9.66 Å². The Bertz CT molecular complexity index is 1340. The Morgan fingerprint density at radius 2 is 2.06 bits per heavy atom. The molecule has 0 radical (unpaired) electrons. The minimum absolute atomic E-state index is 0.0305. The molecule has 0 saturated heterocycles. The number of rotatable bonds is 5. The molecule has 0 bridgehead atoms. The first-order valence-corrected chi connectivity index (χ1v) is 10.9. The molecule has 2 aromatic heterocycles. The van der Waals surface area contributed by atoms with Crippen molar-refractivity contribution in [2.24, 2.45) is 10.1 Å². The van der Waals surface area contributed by atoms with Crippen LogP contribution in [-0.2, 0) is 11.3 Å². The van der Waals surface area contributed by atoms with Crippen LogP contribution >= 0.6 is 11.3 Å². The summed E-state index contributed by atoms with van der Waals surface area (Å²) in [5.74, 6) is 0.490. The summed E-state index contributed by atoms with van der Waals surface area (Å²) in [6.45, 7) is 0.583. The van der Waals surface area contributed by atoms with Crippen molar-refractivity contribution in [1.29, 1.82) is 0 Å². The summed E-state index contributed by atoms with van der Waals surface area (Å²) in [4.78, 5) is 21.4. The number of benzene rings is 2. The molecule has 0 atom stereocenters. The second-order valence-corrected chi connectivity index (χ2v) is 7.93. The van der Waals surface area contributed by atoms with Crippen LogP contribution in [0.2, 0.25) is 0 Å². The van der Waals surface area contributed by atoms with Crippen molar-refractivity contribution in [2.45, 2.75) is 6.54 Å². The van der Waals surface area contributed by atoms with Crippen LogP contribution in [-0.4, -0.2) is 28.4 Å². The highest BCUT2D eigenvalue weighted by Crippen LogP contribution is 2.32. The third-order valence-corrected chi connectivity index (χ3v) is 5.69. The summed E-state index contributed by atoms with van der Waals surface area (Å²) in [7, 11) is 0. The first kappa shape index (κ1) is 19.9. The molecule has 0 aliphatic carbocycles. The number of aromatic nitrogens is 2. The lowest BCUT2D eigenvalue weighted by Gasteiger charge is -2.18. The van der Waals surface area contributed by atoms with Crippen molar-refractivity contribution in [3.63, 3.8) is 0 Å². The van der Waals surface area contributed by atoms with Crippen molar-refractivity contribution in [3.8, 4) is 17.0 Å². The monoisotopic (exact) mass is 441 g/mol. The molecule has 32 heavy (non-hydrogen) atoms. The quantitative estimate of drug-likeness (QED) is 0.477. The number of hydrogen-bond donors (Lipinski definition) is 1. The third-order valence-electron chi connectivity index (χ3n) is 4.84. The summed E-state index contributed by atoms with van der Waals surface area (Å²) in [5.41, 5.74) is 4.42. The average molecular weight is 442 g/mol. The first-order valence-electron chi connectivity index (χ1n) is 10.0. The van der Waals surface area contributed by atoms with Gasteiger partial charge in [-0.1, -0.05) is 36.4 Å². The van der Waals surface area contributed by atoms with Gasteiger partial charge in [-0.15, -0.1) is 11.3 Å². The van der Waals surface area contributed by atoms with E-state index in [-0.39, 0.29) is 12.5 Å². The molecule has 1 amide bonds. The molecule has 0 spiro atoms. The van der Waals surface area contributed by atoms with Gasteiger partial charge in [0.25, 0.3) is 5.91 Å². The van der Waals surface area contributed by atoms with E-state index in [0.717, 1.165) is 27.2 Å². The molecule has 0 unspecified atom stereocenters. The van der Waals surface area contributed by atoms with Gasteiger partial charge in [0, 0.05) is 28.9 Å². The molecule has 0 fully saturated rings. The van der Waals surface area contributed by atoms with Crippen LogP contribution in [0.5, 0.6) is 5.75 Å². The molecule has 158 valence electrons. The Morgan fingerprint density at radius 3 is 2.91 bits per heavy atom. The summed E-state index contributed by atoms with van der Waals surface area (Å²) >= 11 is 1.51. The number of hydrogen-bond acceptors (Lipinski definition) is 6. The average Bonchev–Trinajstić information content (AvgIpc) is 3.25. The predicted molar refractivity (Wildman–Crippen MR) is 125 cm³/mol. The van der Waals surface area contributed by atoms with Gasteiger partial charge in [-0.05, 0) is 29.8 Å². The van der Waals surface area contributed by atoms with Gasteiger partial charge < -0.3 is 10.1 Å². The van der Waals surface area contributed by atoms with Crippen molar-refractivity contribution < 1.29 is 9.53 Å². The second kappa shape index (κ2) is 8.99. The number of thiazole rings is 1. The van der Waals surface area contributed by atoms with Crippen LogP contribution in [0.4, 0.5) is 5.69 Å². The highest BCUT2D eigenvalue weighted by atomic mass is 32.1. The molecule has 5 rings (SSSR count). The van der Waals surface area contributed by atoms with Crippen LogP contribution in [0.15, 0.2) is 88.5 Å². The predicted octanol–water partition coefficient (Wildman–Crippen LogP) is 3.93. The number of carbonyl (C=O) groups excluding carboxylic acids is 1. The Balaban J connectivity index is 1.56. The molecular formula is C24H19N5O2S. The van der Waals surface area contributed by atoms with Gasteiger partial charge in [-0.25, -0.2) is 4.68 Å². The lowest BCUT2D eigenvalue weighted by Crippen LogP contribution is -2.25. The molecule has 0 saturated carbocycles. The van der Waals surface area contributed by atoms with Crippen LogP contribution in [0.3, 0.4) is 0 Å². The van der Waals surface area contributed by atoms with E-state index in [0.29, 0.717) is 18.0 Å². The minimum Gasteiger partial charge on any atom is -0.482 e. The number of pyridine rings is 1. The number of carbonyl (C=O) groups is 1. The molecule has 7 nitrogen and oxygen atoms in total. The van der Waals surface area contributed by atoms with E-state index in [1.165, 1.54) is 11.3 Å². The van der Waals surface area contributed by atoms with Crippen molar-refractivity contribution >= 4 is 29.1 Å². The molecular weight excluding hydrogens is 422 g/mol. The Labute approximate surface area is 188 Å². The van der Waals surface area contributed by atoms with Gasteiger partial charge in [-0.3, -0.25) is 14.8 Å². The van der Waals surface area contributed by atoms with Crippen LogP contribution in [0, 0.1) is 0 Å². The molecule has 8 heteroatoms. The number of ether oxygens (including phenoxy) is 1. The number of nitrogens with zero attached hydrogens (tertiary/aromatic N) is 4. The van der Waals surface area contributed by atoms with Crippen molar-refractivity contribution in [2.75, 3.05) is 11.9 Å². The molecule has 1 aliphatic heterocycles. The van der Waals surface area contributed by atoms with Gasteiger partial charge in [0.2, 0.25) is 4.80 Å². The Hall–Kier alpha value is -4.04. The zero-order valence-corrected chi connectivity index (χ0v) is 17.8. The normalized spacial score (nSPS) is 13.6. The maximum absolute atomic E-state index is 11.7. The van der Waals surface area contributed by atoms with Gasteiger partial charge in [0.1, 0.15) is 5.75 Å². The van der Waals surface area contributed by atoms with Gasteiger partial charge in [0.15, 0.2) is 6.61 Å². The molecule has 4 aromatic rings. The molecule has 3 heterocycles. The van der Waals surface area contributed by atoms with E-state index >= 15 is 0 Å². The Kier molecular flexibility index (Phi) is 5.59.